The Balaban J connectivity index is 0.00000800. The average Bonchev–Trinajstić information content (AvgIpc) is 3.30. The molecule has 0 radical (unpaired) electrons. The van der Waals surface area contributed by atoms with Crippen LogP contribution in [0.2, 0.25) is 0 Å². The third-order valence-corrected chi connectivity index (χ3v) is 8.72. The summed E-state index contributed by atoms with van der Waals surface area (Å²) in [6, 6.07) is -2.52. The molecule has 0 aromatic carbocycles. The summed E-state index contributed by atoms with van der Waals surface area (Å²) in [4.78, 5) is 37.9. The van der Waals surface area contributed by atoms with Gasteiger partial charge in [0.05, 0.1) is 12.6 Å². The van der Waals surface area contributed by atoms with Crippen molar-refractivity contribution >= 4 is 28.0 Å². The maximum atomic E-state index is 13.3. The number of rotatable bonds is 18. The first kappa shape index (κ1) is 37.1. The van der Waals surface area contributed by atoms with E-state index in [4.69, 9.17) is 4.74 Å². The number of hydrogen-bond acceptors (Lipinski definition) is 8. The van der Waals surface area contributed by atoms with E-state index in [1.807, 2.05) is 0 Å². The van der Waals surface area contributed by atoms with E-state index < -0.39 is 45.6 Å². The van der Waals surface area contributed by atoms with Crippen LogP contribution in [0.3, 0.4) is 0 Å². The molecule has 0 spiro atoms. The van der Waals surface area contributed by atoms with Crippen molar-refractivity contribution < 1.29 is 66.8 Å². The van der Waals surface area contributed by atoms with Crippen LogP contribution in [-0.4, -0.2) is 66.7 Å². The van der Waals surface area contributed by atoms with E-state index in [9.17, 15) is 32.5 Å². The first-order chi connectivity index (χ1) is 18.6. The molecule has 1 saturated carbocycles. The van der Waals surface area contributed by atoms with Gasteiger partial charge in [0.1, 0.15) is 16.2 Å². The Morgan fingerprint density at radius 3 is 2.20 bits per heavy atom. The zero-order valence-electron chi connectivity index (χ0n) is 24.3. The van der Waals surface area contributed by atoms with E-state index in [2.05, 4.69) is 22.9 Å². The summed E-state index contributed by atoms with van der Waals surface area (Å²) in [5, 5.41) is 17.9. The first-order valence-corrected chi connectivity index (χ1v) is 16.2. The number of carbonyl (C=O) groups excluding carboxylic acids is 3. The van der Waals surface area contributed by atoms with Gasteiger partial charge in [-0.1, -0.05) is 84.0 Å². The summed E-state index contributed by atoms with van der Waals surface area (Å²) in [5.41, 5.74) is -2.42. The minimum atomic E-state index is -5.16. The van der Waals surface area contributed by atoms with Gasteiger partial charge in [0.15, 0.2) is 5.44 Å². The van der Waals surface area contributed by atoms with Gasteiger partial charge in [0.2, 0.25) is 11.8 Å². The largest absolute Gasteiger partial charge is 1.00 e. The van der Waals surface area contributed by atoms with Crippen LogP contribution < -0.4 is 45.5 Å². The van der Waals surface area contributed by atoms with Crippen molar-refractivity contribution in [2.75, 3.05) is 13.2 Å². The van der Waals surface area contributed by atoms with Crippen LogP contribution in [0.15, 0.2) is 0 Å². The van der Waals surface area contributed by atoms with Crippen molar-refractivity contribution in [1.29, 1.82) is 0 Å². The van der Waals surface area contributed by atoms with E-state index in [0.717, 1.165) is 57.8 Å². The van der Waals surface area contributed by atoms with Gasteiger partial charge < -0.3 is 30.3 Å². The Morgan fingerprint density at radius 1 is 1.00 bits per heavy atom. The molecular formula is C27H48N3NaO8S. The van der Waals surface area contributed by atoms with E-state index in [1.165, 1.54) is 25.7 Å². The van der Waals surface area contributed by atoms with Gasteiger partial charge in [-0.15, -0.1) is 0 Å². The molecule has 4 atom stereocenters. The zero-order valence-corrected chi connectivity index (χ0v) is 27.1. The summed E-state index contributed by atoms with van der Waals surface area (Å²) in [6.45, 7) is 2.80. The molecule has 2 aliphatic rings. The summed E-state index contributed by atoms with van der Waals surface area (Å²) in [5.74, 6) is -1.50. The summed E-state index contributed by atoms with van der Waals surface area (Å²) in [6.07, 6.45) is 13.6. The number of ether oxygens (including phenoxy) is 1. The molecule has 3 amide bonds. The molecule has 2 rings (SSSR count). The van der Waals surface area contributed by atoms with Gasteiger partial charge in [-0.25, -0.2) is 13.2 Å². The van der Waals surface area contributed by atoms with Crippen LogP contribution in [0.4, 0.5) is 4.79 Å². The average molecular weight is 598 g/mol. The summed E-state index contributed by atoms with van der Waals surface area (Å²) < 4.78 is 40.1. The molecule has 11 nitrogen and oxygen atoms in total. The molecule has 1 heterocycles. The maximum absolute atomic E-state index is 13.3. The third kappa shape index (κ3) is 14.3. The number of nitrogens with one attached hydrogen (secondary N) is 3. The predicted molar refractivity (Wildman–Crippen MR) is 145 cm³/mol. The van der Waals surface area contributed by atoms with Gasteiger partial charge in [0.25, 0.3) is 0 Å². The Labute approximate surface area is 261 Å². The van der Waals surface area contributed by atoms with Crippen LogP contribution in [-0.2, 0) is 24.4 Å². The smallest absolute Gasteiger partial charge is 0.746 e. The minimum absolute atomic E-state index is 0. The number of amides is 3. The van der Waals surface area contributed by atoms with E-state index in [-0.39, 0.29) is 54.4 Å². The standard InChI is InChI=1S/C27H49N3O8S.Na/c1-2-3-4-5-6-7-8-12-17-38-27(34)30-22(18-20-13-10-9-11-14-20)25(32)29-23(26(33)39(35,36)37)19-21-15-16-28-24(21)31;/h20-23,26,33H,2-19H2,1H3,(H,28,31)(H,29,32)(H,30,34)(H,35,36,37);/q;+1/p-1/t21-,22-,23-,26?;/m0./s1. The quantitative estimate of drug-likeness (QED) is 0.0976. The van der Waals surface area contributed by atoms with Crippen molar-refractivity contribution in [3.8, 4) is 0 Å². The molecule has 4 N–H and O–H groups in total. The molecule has 0 aromatic heterocycles. The fourth-order valence-electron chi connectivity index (χ4n) is 5.48. The molecule has 226 valence electrons. The van der Waals surface area contributed by atoms with Gasteiger partial charge >= 0.3 is 35.7 Å². The minimum Gasteiger partial charge on any atom is -0.746 e. The van der Waals surface area contributed by atoms with Gasteiger partial charge in [-0.05, 0) is 31.6 Å². The Morgan fingerprint density at radius 2 is 1.62 bits per heavy atom. The molecule has 1 aliphatic heterocycles. The monoisotopic (exact) mass is 597 g/mol. The van der Waals surface area contributed by atoms with E-state index in [0.29, 0.717) is 19.4 Å². The third-order valence-electron chi connectivity index (χ3n) is 7.80. The van der Waals surface area contributed by atoms with Crippen molar-refractivity contribution in [3.63, 3.8) is 0 Å². The SMILES string of the molecule is CCCCCCCCCCOC(=O)N[C@@H](CC1CCCCC1)C(=O)N[C@@H](C[C@@H]1CCNC1=O)C(O)S(=O)(=O)[O-].[Na+]. The topological polar surface area (TPSA) is 174 Å². The van der Waals surface area contributed by atoms with Crippen LogP contribution in [0.5, 0.6) is 0 Å². The molecule has 13 heteroatoms. The fraction of sp³-hybridized carbons (Fsp3) is 0.889. The molecule has 1 aliphatic carbocycles. The molecule has 1 unspecified atom stereocenters. The molecule has 2 fully saturated rings. The Kier molecular flexibility index (Phi) is 18.6. The Hall–Kier alpha value is -0.920. The number of alkyl carbamates (subject to hydrolysis) is 1. The number of hydrogen-bond donors (Lipinski definition) is 4. The number of aliphatic hydroxyl groups is 1. The van der Waals surface area contributed by atoms with Gasteiger partial charge in [0, 0.05) is 12.5 Å². The molecular weight excluding hydrogens is 549 g/mol. The van der Waals surface area contributed by atoms with Crippen molar-refractivity contribution in [3.05, 3.63) is 0 Å². The van der Waals surface area contributed by atoms with Gasteiger partial charge in [-0.3, -0.25) is 9.59 Å². The molecule has 1 saturated heterocycles. The normalized spacial score (nSPS) is 20.1. The van der Waals surface area contributed by atoms with Crippen LogP contribution in [0, 0.1) is 11.8 Å². The number of unbranched alkanes of at least 4 members (excludes halogenated alkanes) is 7. The molecule has 0 bridgehead atoms. The second-order valence-electron chi connectivity index (χ2n) is 11.1. The summed E-state index contributed by atoms with van der Waals surface area (Å²) in [7, 11) is -5.16. The second kappa shape index (κ2) is 20.1. The van der Waals surface area contributed by atoms with E-state index in [1.54, 1.807) is 0 Å². The van der Waals surface area contributed by atoms with Crippen molar-refractivity contribution in [1.82, 2.24) is 16.0 Å². The number of aliphatic hydroxyl groups excluding tert-OH is 1. The number of carbonyl (C=O) groups is 3. The molecule has 40 heavy (non-hydrogen) atoms. The van der Waals surface area contributed by atoms with Gasteiger partial charge in [-0.2, -0.15) is 0 Å². The second-order valence-corrected chi connectivity index (χ2v) is 12.5. The Bertz CT molecular complexity index is 870. The fourth-order valence-corrected chi connectivity index (χ4v) is 6.06. The van der Waals surface area contributed by atoms with Crippen molar-refractivity contribution in [2.24, 2.45) is 11.8 Å². The first-order valence-electron chi connectivity index (χ1n) is 14.8. The van der Waals surface area contributed by atoms with Crippen molar-refractivity contribution in [2.45, 2.75) is 127 Å². The van der Waals surface area contributed by atoms with Crippen LogP contribution in [0.25, 0.3) is 0 Å². The van der Waals surface area contributed by atoms with Crippen LogP contribution >= 0.6 is 0 Å². The van der Waals surface area contributed by atoms with E-state index >= 15 is 0 Å². The summed E-state index contributed by atoms with van der Waals surface area (Å²) >= 11 is 0. The predicted octanol–water partition coefficient (Wildman–Crippen LogP) is 0.0709. The maximum Gasteiger partial charge on any atom is 1.00 e. The zero-order chi connectivity index (χ0) is 28.7. The van der Waals surface area contributed by atoms with Crippen LogP contribution in [0.1, 0.15) is 110 Å². The molecule has 0 aromatic rings.